The van der Waals surface area contributed by atoms with E-state index in [4.69, 9.17) is 14.2 Å². The minimum absolute atomic E-state index is 0.193. The molecule has 1 aromatic heterocycles. The van der Waals surface area contributed by atoms with Gasteiger partial charge in [-0.15, -0.1) is 0 Å². The van der Waals surface area contributed by atoms with Crippen molar-refractivity contribution in [3.63, 3.8) is 0 Å². The fourth-order valence-corrected chi connectivity index (χ4v) is 3.83. The van der Waals surface area contributed by atoms with Crippen LogP contribution in [0.15, 0.2) is 22.3 Å². The fraction of sp³-hybridized carbons (Fsp3) is 0.421. The predicted octanol–water partition coefficient (Wildman–Crippen LogP) is 1.36. The first-order valence-corrected chi connectivity index (χ1v) is 9.63. The lowest BCUT2D eigenvalue weighted by molar-refractivity contribution is -0.153. The Bertz CT molecular complexity index is 948. The third kappa shape index (κ3) is 4.19. The number of fused-ring (bicyclic) bond motifs is 1. The lowest BCUT2D eigenvalue weighted by atomic mass is 9.99. The maximum absolute atomic E-state index is 12.5. The van der Waals surface area contributed by atoms with Gasteiger partial charge in [0.25, 0.3) is 5.91 Å². The Morgan fingerprint density at radius 2 is 1.82 bits per heavy atom. The zero-order chi connectivity index (χ0) is 20.3. The SMILES string of the molecule is COc1cc2c(cc1OC)CN(C(=O)COC(=O)Cn1c(C)csc1=O)CC2. The second-order valence-corrected chi connectivity index (χ2v) is 7.25. The smallest absolute Gasteiger partial charge is 0.326 e. The van der Waals surface area contributed by atoms with Gasteiger partial charge in [-0.25, -0.2) is 0 Å². The number of hydrogen-bond donors (Lipinski definition) is 0. The highest BCUT2D eigenvalue weighted by molar-refractivity contribution is 7.07. The Kier molecular flexibility index (Phi) is 6.03. The minimum atomic E-state index is -0.610. The quantitative estimate of drug-likeness (QED) is 0.674. The van der Waals surface area contributed by atoms with Crippen molar-refractivity contribution in [3.05, 3.63) is 44.0 Å². The summed E-state index contributed by atoms with van der Waals surface area (Å²) in [5.74, 6) is 0.386. The average Bonchev–Trinajstić information content (AvgIpc) is 3.02. The van der Waals surface area contributed by atoms with Crippen molar-refractivity contribution >= 4 is 23.2 Å². The van der Waals surface area contributed by atoms with Crippen molar-refractivity contribution < 1.29 is 23.8 Å². The van der Waals surface area contributed by atoms with E-state index < -0.39 is 5.97 Å². The van der Waals surface area contributed by atoms with Crippen LogP contribution in [-0.2, 0) is 33.8 Å². The molecule has 0 saturated heterocycles. The van der Waals surface area contributed by atoms with Crippen LogP contribution in [0.2, 0.25) is 0 Å². The van der Waals surface area contributed by atoms with Crippen molar-refractivity contribution in [2.24, 2.45) is 0 Å². The van der Waals surface area contributed by atoms with Gasteiger partial charge < -0.3 is 19.1 Å². The third-order valence-corrected chi connectivity index (χ3v) is 5.57. The number of nitrogens with zero attached hydrogens (tertiary/aromatic N) is 2. The number of carbonyl (C=O) groups excluding carboxylic acids is 2. The summed E-state index contributed by atoms with van der Waals surface area (Å²) in [6.45, 7) is 2.14. The first-order chi connectivity index (χ1) is 13.4. The van der Waals surface area contributed by atoms with E-state index in [9.17, 15) is 14.4 Å². The van der Waals surface area contributed by atoms with Crippen LogP contribution in [0.5, 0.6) is 11.5 Å². The van der Waals surface area contributed by atoms with E-state index in [1.807, 2.05) is 12.1 Å². The maximum Gasteiger partial charge on any atom is 0.326 e. The maximum atomic E-state index is 12.5. The Morgan fingerprint density at radius 3 is 2.43 bits per heavy atom. The highest BCUT2D eigenvalue weighted by Crippen LogP contribution is 2.33. The molecule has 0 atom stereocenters. The molecule has 0 saturated carbocycles. The fourth-order valence-electron chi connectivity index (χ4n) is 3.10. The number of rotatable bonds is 6. The van der Waals surface area contributed by atoms with Crippen molar-refractivity contribution in [1.82, 2.24) is 9.47 Å². The molecule has 1 aromatic carbocycles. The van der Waals surface area contributed by atoms with Gasteiger partial charge in [0.05, 0.1) is 14.2 Å². The third-order valence-electron chi connectivity index (χ3n) is 4.69. The molecule has 1 amide bonds. The van der Waals surface area contributed by atoms with Crippen LogP contribution in [0.3, 0.4) is 0 Å². The van der Waals surface area contributed by atoms with Crippen LogP contribution in [0.1, 0.15) is 16.8 Å². The molecule has 1 aliphatic heterocycles. The highest BCUT2D eigenvalue weighted by Gasteiger charge is 2.23. The normalized spacial score (nSPS) is 13.0. The zero-order valence-corrected chi connectivity index (χ0v) is 16.8. The summed E-state index contributed by atoms with van der Waals surface area (Å²) >= 11 is 1.02. The van der Waals surface area contributed by atoms with E-state index >= 15 is 0 Å². The average molecular weight is 406 g/mol. The van der Waals surface area contributed by atoms with Gasteiger partial charge >= 0.3 is 10.8 Å². The topological polar surface area (TPSA) is 87.1 Å². The molecule has 3 rings (SSSR count). The standard InChI is InChI=1S/C19H22N2O6S/c1-12-11-28-19(24)21(12)9-18(23)27-10-17(22)20-5-4-13-6-15(25-2)16(26-3)7-14(13)8-20/h6-7,11H,4-5,8-10H2,1-3H3. The summed E-state index contributed by atoms with van der Waals surface area (Å²) in [4.78, 5) is 37.5. The van der Waals surface area contributed by atoms with Gasteiger partial charge in [0.15, 0.2) is 18.1 Å². The number of hydrogen-bond acceptors (Lipinski definition) is 7. The van der Waals surface area contributed by atoms with Gasteiger partial charge in [0, 0.05) is 24.2 Å². The molecular weight excluding hydrogens is 384 g/mol. The van der Waals surface area contributed by atoms with E-state index in [0.29, 0.717) is 36.7 Å². The first kappa shape index (κ1) is 19.9. The predicted molar refractivity (Wildman–Crippen MR) is 103 cm³/mol. The number of benzene rings is 1. The molecular formula is C19H22N2O6S. The molecule has 0 unspecified atom stereocenters. The number of amides is 1. The Hall–Kier alpha value is -2.81. The molecule has 0 N–H and O–H groups in total. The number of methoxy groups -OCH3 is 2. The molecule has 0 spiro atoms. The second-order valence-electron chi connectivity index (χ2n) is 6.43. The molecule has 150 valence electrons. The number of aryl methyl sites for hydroxylation is 1. The molecule has 0 bridgehead atoms. The lowest BCUT2D eigenvalue weighted by Gasteiger charge is -2.29. The summed E-state index contributed by atoms with van der Waals surface area (Å²) in [6, 6.07) is 3.79. The van der Waals surface area contributed by atoms with Crippen LogP contribution in [-0.4, -0.2) is 48.7 Å². The van der Waals surface area contributed by atoms with Gasteiger partial charge in [0.2, 0.25) is 0 Å². The van der Waals surface area contributed by atoms with Gasteiger partial charge in [-0.2, -0.15) is 0 Å². The molecule has 0 radical (unpaired) electrons. The van der Waals surface area contributed by atoms with E-state index in [0.717, 1.165) is 22.5 Å². The summed E-state index contributed by atoms with van der Waals surface area (Å²) in [6.07, 6.45) is 0.679. The Morgan fingerprint density at radius 1 is 1.14 bits per heavy atom. The van der Waals surface area contributed by atoms with E-state index in [1.165, 1.54) is 4.57 Å². The van der Waals surface area contributed by atoms with Gasteiger partial charge in [0.1, 0.15) is 6.54 Å². The Balaban J connectivity index is 1.59. The zero-order valence-electron chi connectivity index (χ0n) is 16.0. The molecule has 28 heavy (non-hydrogen) atoms. The number of carbonyl (C=O) groups is 2. The van der Waals surface area contributed by atoms with Gasteiger partial charge in [-0.1, -0.05) is 11.3 Å². The molecule has 2 aromatic rings. The number of thiazole rings is 1. The van der Waals surface area contributed by atoms with Crippen LogP contribution < -0.4 is 14.3 Å². The monoisotopic (exact) mass is 406 g/mol. The van der Waals surface area contributed by atoms with Crippen molar-refractivity contribution in [2.75, 3.05) is 27.4 Å². The number of ether oxygens (including phenoxy) is 3. The summed E-state index contributed by atoms with van der Waals surface area (Å²) in [5.41, 5.74) is 2.77. The molecule has 8 nitrogen and oxygen atoms in total. The van der Waals surface area contributed by atoms with E-state index in [-0.39, 0.29) is 23.9 Å². The first-order valence-electron chi connectivity index (χ1n) is 8.75. The van der Waals surface area contributed by atoms with Crippen LogP contribution in [0.4, 0.5) is 0 Å². The number of esters is 1. The summed E-state index contributed by atoms with van der Waals surface area (Å²) in [7, 11) is 3.15. The van der Waals surface area contributed by atoms with E-state index in [2.05, 4.69) is 0 Å². The van der Waals surface area contributed by atoms with Crippen LogP contribution in [0.25, 0.3) is 0 Å². The molecule has 2 heterocycles. The molecule has 0 aliphatic carbocycles. The lowest BCUT2D eigenvalue weighted by Crippen LogP contribution is -2.39. The van der Waals surface area contributed by atoms with Crippen LogP contribution in [0, 0.1) is 6.92 Å². The summed E-state index contributed by atoms with van der Waals surface area (Å²) in [5, 5.41) is 1.68. The molecule has 0 fully saturated rings. The van der Waals surface area contributed by atoms with Crippen LogP contribution >= 0.6 is 11.3 Å². The number of aromatic nitrogens is 1. The molecule has 1 aliphatic rings. The minimum Gasteiger partial charge on any atom is -0.493 e. The Labute approximate surface area is 166 Å². The van der Waals surface area contributed by atoms with Gasteiger partial charge in [-0.3, -0.25) is 19.0 Å². The molecule has 9 heteroatoms. The van der Waals surface area contributed by atoms with Gasteiger partial charge in [-0.05, 0) is 36.6 Å². The second kappa shape index (κ2) is 8.47. The van der Waals surface area contributed by atoms with Crippen molar-refractivity contribution in [3.8, 4) is 11.5 Å². The van der Waals surface area contributed by atoms with Crippen molar-refractivity contribution in [1.29, 1.82) is 0 Å². The largest absolute Gasteiger partial charge is 0.493 e. The summed E-state index contributed by atoms with van der Waals surface area (Å²) < 4.78 is 17.0. The van der Waals surface area contributed by atoms with E-state index in [1.54, 1.807) is 31.4 Å². The van der Waals surface area contributed by atoms with Crippen molar-refractivity contribution in [2.45, 2.75) is 26.4 Å². The highest BCUT2D eigenvalue weighted by atomic mass is 32.1.